The Morgan fingerprint density at radius 3 is 2.88 bits per heavy atom. The van der Waals surface area contributed by atoms with Crippen molar-refractivity contribution in [3.05, 3.63) is 53.7 Å². The fourth-order valence-corrected chi connectivity index (χ4v) is 4.35. The van der Waals surface area contributed by atoms with Crippen molar-refractivity contribution in [2.75, 3.05) is 26.8 Å². The van der Waals surface area contributed by atoms with Crippen molar-refractivity contribution in [1.29, 1.82) is 0 Å². The molecule has 0 bridgehead atoms. The molecule has 2 aromatic heterocycles. The lowest BCUT2D eigenvalue weighted by Crippen LogP contribution is -2.34. The van der Waals surface area contributed by atoms with Crippen LogP contribution in [0.1, 0.15) is 43.5 Å². The van der Waals surface area contributed by atoms with Crippen LogP contribution in [0.3, 0.4) is 0 Å². The zero-order valence-electron chi connectivity index (χ0n) is 19.1. The summed E-state index contributed by atoms with van der Waals surface area (Å²) >= 11 is 0. The van der Waals surface area contributed by atoms with Gasteiger partial charge in [-0.3, -0.25) is 14.7 Å². The van der Waals surface area contributed by atoms with E-state index >= 15 is 0 Å². The van der Waals surface area contributed by atoms with Crippen molar-refractivity contribution < 1.29 is 9.53 Å². The molecule has 8 nitrogen and oxygen atoms in total. The van der Waals surface area contributed by atoms with Gasteiger partial charge in [0.2, 0.25) is 5.91 Å². The quantitative estimate of drug-likeness (QED) is 0.584. The Hall–Kier alpha value is -2.84. The lowest BCUT2D eigenvalue weighted by molar-refractivity contribution is -0.125. The van der Waals surface area contributed by atoms with Gasteiger partial charge in [-0.2, -0.15) is 0 Å². The van der Waals surface area contributed by atoms with Crippen LogP contribution in [0.25, 0.3) is 10.9 Å². The molecule has 1 unspecified atom stereocenters. The molecule has 4 rings (SSSR count). The van der Waals surface area contributed by atoms with Crippen molar-refractivity contribution in [2.45, 2.75) is 45.8 Å². The van der Waals surface area contributed by atoms with Gasteiger partial charge in [0.15, 0.2) is 5.82 Å². The standard InChI is InChI=1S/C24H32N6O2/c1-17(2)13-21(26-23(31)16-32-3)24-28-27-22-8-10-29(11-12-30(22)24)15-18-6-7-20-19(14-18)5-4-9-25-20/h4-7,9,14,17,21H,8,10-13,15-16H2,1-3H3,(H,26,31). The number of hydrogen-bond acceptors (Lipinski definition) is 6. The molecule has 8 heteroatoms. The number of pyridine rings is 1. The summed E-state index contributed by atoms with van der Waals surface area (Å²) in [6.45, 7) is 7.87. The molecular weight excluding hydrogens is 404 g/mol. The van der Waals surface area contributed by atoms with Gasteiger partial charge < -0.3 is 14.6 Å². The molecule has 0 spiro atoms. The van der Waals surface area contributed by atoms with Gasteiger partial charge in [-0.25, -0.2) is 0 Å². The maximum atomic E-state index is 12.2. The minimum absolute atomic E-state index is 0.0463. The van der Waals surface area contributed by atoms with E-state index < -0.39 is 0 Å². The van der Waals surface area contributed by atoms with Gasteiger partial charge in [-0.15, -0.1) is 10.2 Å². The summed E-state index contributed by atoms with van der Waals surface area (Å²) < 4.78 is 7.19. The van der Waals surface area contributed by atoms with Crippen molar-refractivity contribution >= 4 is 16.8 Å². The number of methoxy groups -OCH3 is 1. The van der Waals surface area contributed by atoms with E-state index in [1.54, 1.807) is 0 Å². The zero-order chi connectivity index (χ0) is 22.5. The summed E-state index contributed by atoms with van der Waals surface area (Å²) in [4.78, 5) is 19.1. The smallest absolute Gasteiger partial charge is 0.246 e. The Morgan fingerprint density at radius 2 is 2.06 bits per heavy atom. The third-order valence-corrected chi connectivity index (χ3v) is 5.85. The molecular formula is C24H32N6O2. The van der Waals surface area contributed by atoms with Crippen molar-refractivity contribution in [1.82, 2.24) is 30.0 Å². The largest absolute Gasteiger partial charge is 0.375 e. The van der Waals surface area contributed by atoms with Crippen molar-refractivity contribution in [3.8, 4) is 0 Å². The fourth-order valence-electron chi connectivity index (χ4n) is 4.35. The zero-order valence-corrected chi connectivity index (χ0v) is 19.1. The molecule has 170 valence electrons. The molecule has 1 atom stereocenters. The van der Waals surface area contributed by atoms with Crippen molar-refractivity contribution in [3.63, 3.8) is 0 Å². The summed E-state index contributed by atoms with van der Waals surface area (Å²) in [5.41, 5.74) is 2.31. The molecule has 0 radical (unpaired) electrons. The number of aromatic nitrogens is 4. The second-order valence-electron chi connectivity index (χ2n) is 8.87. The van der Waals surface area contributed by atoms with Crippen LogP contribution < -0.4 is 5.32 Å². The molecule has 1 amide bonds. The van der Waals surface area contributed by atoms with Gasteiger partial charge in [0.1, 0.15) is 12.4 Å². The molecule has 32 heavy (non-hydrogen) atoms. The SMILES string of the molecule is COCC(=O)NC(CC(C)C)c1nnc2n1CCN(Cc1ccc3ncccc3c1)CC2. The average Bonchev–Trinajstić information content (AvgIpc) is 3.07. The van der Waals surface area contributed by atoms with Crippen LogP contribution in [0.5, 0.6) is 0 Å². The molecule has 1 N–H and O–H groups in total. The first-order valence-electron chi connectivity index (χ1n) is 11.3. The molecule has 3 aromatic rings. The van der Waals surface area contributed by atoms with E-state index in [2.05, 4.69) is 68.1 Å². The molecule has 0 fully saturated rings. The van der Waals surface area contributed by atoms with E-state index in [1.165, 1.54) is 18.1 Å². The number of nitrogens with zero attached hydrogens (tertiary/aromatic N) is 5. The first-order chi connectivity index (χ1) is 15.5. The van der Waals surface area contributed by atoms with E-state index in [0.717, 1.165) is 56.2 Å². The Kier molecular flexibility index (Phi) is 7.12. The summed E-state index contributed by atoms with van der Waals surface area (Å²) in [7, 11) is 1.53. The number of amides is 1. The Morgan fingerprint density at radius 1 is 1.19 bits per heavy atom. The number of rotatable bonds is 8. The van der Waals surface area contributed by atoms with Crippen LogP contribution >= 0.6 is 0 Å². The van der Waals surface area contributed by atoms with Crippen LogP contribution in [0.2, 0.25) is 0 Å². The maximum Gasteiger partial charge on any atom is 0.246 e. The lowest BCUT2D eigenvalue weighted by atomic mass is 10.0. The number of carbonyl (C=O) groups is 1. The predicted molar refractivity (Wildman–Crippen MR) is 123 cm³/mol. The van der Waals surface area contributed by atoms with E-state index in [0.29, 0.717) is 5.92 Å². The third kappa shape index (κ3) is 5.31. The molecule has 3 heterocycles. The van der Waals surface area contributed by atoms with E-state index in [-0.39, 0.29) is 18.6 Å². The minimum Gasteiger partial charge on any atom is -0.375 e. The molecule has 1 aromatic carbocycles. The molecule has 0 aliphatic carbocycles. The Labute approximate surface area is 189 Å². The van der Waals surface area contributed by atoms with Crippen LogP contribution in [0.15, 0.2) is 36.5 Å². The maximum absolute atomic E-state index is 12.2. The van der Waals surface area contributed by atoms with Crippen LogP contribution in [-0.4, -0.2) is 57.4 Å². The van der Waals surface area contributed by atoms with E-state index in [1.807, 2.05) is 12.3 Å². The van der Waals surface area contributed by atoms with Gasteiger partial charge in [0, 0.05) is 51.3 Å². The summed E-state index contributed by atoms with van der Waals surface area (Å²) in [5, 5.41) is 13.2. The lowest BCUT2D eigenvalue weighted by Gasteiger charge is -2.22. The highest BCUT2D eigenvalue weighted by Gasteiger charge is 2.26. The summed E-state index contributed by atoms with van der Waals surface area (Å²) in [6.07, 6.45) is 3.47. The average molecular weight is 437 g/mol. The van der Waals surface area contributed by atoms with Gasteiger partial charge >= 0.3 is 0 Å². The minimum atomic E-state index is -0.168. The highest BCUT2D eigenvalue weighted by Crippen LogP contribution is 2.23. The van der Waals surface area contributed by atoms with Crippen LogP contribution in [0.4, 0.5) is 0 Å². The number of hydrogen-bond donors (Lipinski definition) is 1. The van der Waals surface area contributed by atoms with Crippen LogP contribution in [-0.2, 0) is 29.0 Å². The molecule has 1 aliphatic heterocycles. The highest BCUT2D eigenvalue weighted by molar-refractivity contribution is 5.79. The van der Waals surface area contributed by atoms with E-state index in [4.69, 9.17) is 4.74 Å². The monoisotopic (exact) mass is 436 g/mol. The number of ether oxygens (including phenoxy) is 1. The topological polar surface area (TPSA) is 85.2 Å². The molecule has 1 aliphatic rings. The van der Waals surface area contributed by atoms with E-state index in [9.17, 15) is 4.79 Å². The Balaban J connectivity index is 1.47. The van der Waals surface area contributed by atoms with Gasteiger partial charge in [0.25, 0.3) is 0 Å². The molecule has 0 saturated heterocycles. The first-order valence-corrected chi connectivity index (χ1v) is 11.3. The number of nitrogens with one attached hydrogen (secondary N) is 1. The number of fused-ring (bicyclic) bond motifs is 2. The second kappa shape index (κ2) is 10.2. The number of carbonyl (C=O) groups excluding carboxylic acids is 1. The van der Waals surface area contributed by atoms with Crippen molar-refractivity contribution in [2.24, 2.45) is 5.92 Å². The third-order valence-electron chi connectivity index (χ3n) is 5.85. The van der Waals surface area contributed by atoms with Gasteiger partial charge in [0.05, 0.1) is 11.6 Å². The second-order valence-corrected chi connectivity index (χ2v) is 8.87. The Bertz CT molecular complexity index is 1060. The first kappa shape index (κ1) is 22.4. The highest BCUT2D eigenvalue weighted by atomic mass is 16.5. The normalized spacial score (nSPS) is 15.5. The summed E-state index contributed by atoms with van der Waals surface area (Å²) in [6, 6.07) is 10.4. The van der Waals surface area contributed by atoms with Gasteiger partial charge in [-0.05, 0) is 36.1 Å². The molecule has 0 saturated carbocycles. The van der Waals surface area contributed by atoms with Gasteiger partial charge in [-0.1, -0.05) is 26.0 Å². The number of benzene rings is 1. The summed E-state index contributed by atoms with van der Waals surface area (Å²) in [5.74, 6) is 2.12. The van der Waals surface area contributed by atoms with Crippen LogP contribution in [0, 0.1) is 5.92 Å². The fraction of sp³-hybridized carbons (Fsp3) is 0.500. The predicted octanol–water partition coefficient (Wildman–Crippen LogP) is 2.73.